The highest BCUT2D eigenvalue weighted by Gasteiger charge is 2.23. The number of amides is 1. The zero-order chi connectivity index (χ0) is 19.7. The first-order chi connectivity index (χ1) is 12.9. The smallest absolute Gasteiger partial charge is 0.223 e. The molecular weight excluding hydrogens is 382 g/mol. The van der Waals surface area contributed by atoms with Gasteiger partial charge in [-0.15, -0.1) is 11.6 Å². The fourth-order valence-corrected chi connectivity index (χ4v) is 4.45. The van der Waals surface area contributed by atoms with Gasteiger partial charge in [-0.2, -0.15) is 0 Å². The number of halogens is 1. The Labute approximate surface area is 167 Å². The maximum absolute atomic E-state index is 12.7. The number of nitrogens with zero attached hydrogens (tertiary/aromatic N) is 1. The van der Waals surface area contributed by atoms with Gasteiger partial charge < -0.3 is 4.90 Å². The maximum atomic E-state index is 12.7. The first-order valence-electron chi connectivity index (χ1n) is 9.11. The Hall–Kier alpha value is -1.85. The molecule has 0 aliphatic rings. The van der Waals surface area contributed by atoms with Crippen molar-refractivity contribution in [1.29, 1.82) is 0 Å². The van der Waals surface area contributed by atoms with Crippen molar-refractivity contribution in [1.82, 2.24) is 4.90 Å². The van der Waals surface area contributed by atoms with Gasteiger partial charge in [-0.3, -0.25) is 4.79 Å². The van der Waals surface area contributed by atoms with Gasteiger partial charge in [-0.1, -0.05) is 48.5 Å². The number of sulfone groups is 1. The largest absolute Gasteiger partial charge is 0.336 e. The summed E-state index contributed by atoms with van der Waals surface area (Å²) in [4.78, 5) is 14.7. The van der Waals surface area contributed by atoms with E-state index in [1.54, 1.807) is 35.2 Å². The molecular formula is C21H26ClNO3S. The quantitative estimate of drug-likeness (QED) is 0.552. The van der Waals surface area contributed by atoms with Gasteiger partial charge >= 0.3 is 0 Å². The second-order valence-corrected chi connectivity index (χ2v) is 9.06. The van der Waals surface area contributed by atoms with Crippen LogP contribution in [0.5, 0.6) is 0 Å². The lowest BCUT2D eigenvalue weighted by molar-refractivity contribution is -0.134. The molecule has 0 saturated heterocycles. The van der Waals surface area contributed by atoms with Gasteiger partial charge in [-0.25, -0.2) is 8.42 Å². The predicted molar refractivity (Wildman–Crippen MR) is 110 cm³/mol. The Morgan fingerprint density at radius 2 is 1.63 bits per heavy atom. The molecule has 0 aliphatic carbocycles. The normalized spacial score (nSPS) is 12.5. The van der Waals surface area contributed by atoms with Crippen molar-refractivity contribution < 1.29 is 13.2 Å². The topological polar surface area (TPSA) is 54.5 Å². The summed E-state index contributed by atoms with van der Waals surface area (Å²) in [5.41, 5.74) is 1.02. The molecule has 2 aromatic rings. The van der Waals surface area contributed by atoms with E-state index in [4.69, 9.17) is 11.6 Å². The van der Waals surface area contributed by atoms with Crippen LogP contribution in [0.1, 0.15) is 31.7 Å². The first-order valence-corrected chi connectivity index (χ1v) is 11.3. The Kier molecular flexibility index (Phi) is 8.32. The summed E-state index contributed by atoms with van der Waals surface area (Å²) in [6.45, 7) is 2.37. The SMILES string of the molecule is CC(CCS(=O)(=O)c1ccccc1)N(Cc1ccccc1)C(=O)CCCCl. The van der Waals surface area contributed by atoms with Crippen molar-refractivity contribution in [3.05, 3.63) is 66.2 Å². The fourth-order valence-electron chi connectivity index (χ4n) is 2.86. The molecule has 0 spiro atoms. The van der Waals surface area contributed by atoms with Crippen LogP contribution in [0.3, 0.4) is 0 Å². The van der Waals surface area contributed by atoms with Gasteiger partial charge in [0.2, 0.25) is 5.91 Å². The minimum atomic E-state index is -3.36. The summed E-state index contributed by atoms with van der Waals surface area (Å²) < 4.78 is 25.1. The number of hydrogen-bond acceptors (Lipinski definition) is 3. The second kappa shape index (κ2) is 10.5. The van der Waals surface area contributed by atoms with Crippen molar-refractivity contribution in [3.63, 3.8) is 0 Å². The van der Waals surface area contributed by atoms with Crippen molar-refractivity contribution in [2.75, 3.05) is 11.6 Å². The Balaban J connectivity index is 2.08. The third-order valence-corrected chi connectivity index (χ3v) is 6.51. The van der Waals surface area contributed by atoms with Gasteiger partial charge in [-0.05, 0) is 37.5 Å². The van der Waals surface area contributed by atoms with E-state index < -0.39 is 9.84 Å². The summed E-state index contributed by atoms with van der Waals surface area (Å²) in [5.74, 6) is 0.442. The van der Waals surface area contributed by atoms with Gasteiger partial charge in [0.1, 0.15) is 0 Å². The van der Waals surface area contributed by atoms with E-state index in [1.807, 2.05) is 37.3 Å². The van der Waals surface area contributed by atoms with Crippen LogP contribution in [0.15, 0.2) is 65.6 Å². The summed E-state index contributed by atoms with van der Waals surface area (Å²) in [6.07, 6.45) is 1.36. The van der Waals surface area contributed by atoms with Crippen molar-refractivity contribution in [3.8, 4) is 0 Å². The van der Waals surface area contributed by atoms with E-state index in [0.717, 1.165) is 5.56 Å². The number of rotatable bonds is 10. The number of carbonyl (C=O) groups excluding carboxylic acids is 1. The molecule has 0 fully saturated rings. The Bertz CT molecular complexity index is 810. The molecule has 1 amide bonds. The number of carbonyl (C=O) groups is 1. The van der Waals surface area contributed by atoms with E-state index in [2.05, 4.69) is 0 Å². The van der Waals surface area contributed by atoms with Gasteiger partial charge in [0, 0.05) is 24.9 Å². The molecule has 0 heterocycles. The van der Waals surface area contributed by atoms with Gasteiger partial charge in [0.05, 0.1) is 10.6 Å². The standard InChI is InChI=1S/C21H26ClNO3S/c1-18(14-16-27(25,26)20-11-6-3-7-12-20)23(21(24)13-8-15-22)17-19-9-4-2-5-10-19/h2-7,9-12,18H,8,13-17H2,1H3. The number of alkyl halides is 1. The van der Waals surface area contributed by atoms with Gasteiger partial charge in [0.15, 0.2) is 9.84 Å². The highest BCUT2D eigenvalue weighted by Crippen LogP contribution is 2.17. The number of hydrogen-bond donors (Lipinski definition) is 0. The third kappa shape index (κ3) is 6.67. The van der Waals surface area contributed by atoms with E-state index in [-0.39, 0.29) is 17.7 Å². The predicted octanol–water partition coefficient (Wildman–Crippen LogP) is 4.29. The molecule has 0 radical (unpaired) electrons. The summed E-state index contributed by atoms with van der Waals surface area (Å²) in [5, 5.41) is 0. The fraction of sp³-hybridized carbons (Fsp3) is 0.381. The molecule has 2 aromatic carbocycles. The molecule has 0 aromatic heterocycles. The minimum absolute atomic E-state index is 0.00381. The molecule has 0 N–H and O–H groups in total. The lowest BCUT2D eigenvalue weighted by Crippen LogP contribution is -2.39. The van der Waals surface area contributed by atoms with Crippen LogP contribution in [-0.2, 0) is 21.2 Å². The van der Waals surface area contributed by atoms with Crippen molar-refractivity contribution >= 4 is 27.3 Å². The molecule has 4 nitrogen and oxygen atoms in total. The molecule has 2 rings (SSSR count). The maximum Gasteiger partial charge on any atom is 0.223 e. The molecule has 146 valence electrons. The Morgan fingerprint density at radius 3 is 2.22 bits per heavy atom. The van der Waals surface area contributed by atoms with E-state index >= 15 is 0 Å². The summed E-state index contributed by atoms with van der Waals surface area (Å²) in [7, 11) is -3.36. The summed E-state index contributed by atoms with van der Waals surface area (Å²) >= 11 is 5.73. The lowest BCUT2D eigenvalue weighted by Gasteiger charge is -2.29. The molecule has 27 heavy (non-hydrogen) atoms. The molecule has 1 atom stereocenters. The monoisotopic (exact) mass is 407 g/mol. The van der Waals surface area contributed by atoms with Crippen LogP contribution < -0.4 is 0 Å². The number of benzene rings is 2. The van der Waals surface area contributed by atoms with Crippen LogP contribution in [0.2, 0.25) is 0 Å². The molecule has 0 saturated carbocycles. The molecule has 0 aliphatic heterocycles. The zero-order valence-electron chi connectivity index (χ0n) is 15.6. The highest BCUT2D eigenvalue weighted by molar-refractivity contribution is 7.91. The van der Waals surface area contributed by atoms with Crippen molar-refractivity contribution in [2.24, 2.45) is 0 Å². The third-order valence-electron chi connectivity index (χ3n) is 4.48. The first kappa shape index (κ1) is 21.5. The highest BCUT2D eigenvalue weighted by atomic mass is 35.5. The van der Waals surface area contributed by atoms with Crippen LogP contribution in [0.4, 0.5) is 0 Å². The molecule has 6 heteroatoms. The van der Waals surface area contributed by atoms with E-state index in [9.17, 15) is 13.2 Å². The zero-order valence-corrected chi connectivity index (χ0v) is 17.1. The second-order valence-electron chi connectivity index (χ2n) is 6.57. The van der Waals surface area contributed by atoms with E-state index in [0.29, 0.717) is 36.6 Å². The van der Waals surface area contributed by atoms with Crippen molar-refractivity contribution in [2.45, 2.75) is 43.7 Å². The van der Waals surface area contributed by atoms with Crippen LogP contribution in [-0.4, -0.2) is 36.9 Å². The lowest BCUT2D eigenvalue weighted by atomic mass is 10.1. The van der Waals surface area contributed by atoms with Crippen LogP contribution >= 0.6 is 11.6 Å². The van der Waals surface area contributed by atoms with Gasteiger partial charge in [0.25, 0.3) is 0 Å². The molecule has 1 unspecified atom stereocenters. The van der Waals surface area contributed by atoms with Crippen LogP contribution in [0, 0.1) is 0 Å². The molecule has 0 bridgehead atoms. The Morgan fingerprint density at radius 1 is 1.04 bits per heavy atom. The van der Waals surface area contributed by atoms with E-state index in [1.165, 1.54) is 0 Å². The van der Waals surface area contributed by atoms with Crippen LogP contribution in [0.25, 0.3) is 0 Å². The average Bonchev–Trinajstić information content (AvgIpc) is 2.70. The minimum Gasteiger partial charge on any atom is -0.336 e. The summed E-state index contributed by atoms with van der Waals surface area (Å²) in [6, 6.07) is 18.0. The average molecular weight is 408 g/mol.